The monoisotopic (exact) mass is 236 g/mol. The summed E-state index contributed by atoms with van der Waals surface area (Å²) < 4.78 is 0. The summed E-state index contributed by atoms with van der Waals surface area (Å²) in [5, 5.41) is 2.33. The summed E-state index contributed by atoms with van der Waals surface area (Å²) >= 11 is 5.53. The molecule has 0 aromatic heterocycles. The van der Waals surface area contributed by atoms with E-state index in [1.165, 1.54) is 20.8 Å². The summed E-state index contributed by atoms with van der Waals surface area (Å²) in [5.74, 6) is -1.94. The smallest absolute Gasteiger partial charge is 0.340 e. The SMILES string of the molecule is CC(=O)NOC(=O)C(C)(CCl)NC(C)=O. The minimum absolute atomic E-state index is 0.162. The van der Waals surface area contributed by atoms with E-state index in [9.17, 15) is 14.4 Å². The number of hydrogen-bond acceptors (Lipinski definition) is 4. The van der Waals surface area contributed by atoms with Crippen molar-refractivity contribution >= 4 is 29.4 Å². The van der Waals surface area contributed by atoms with Crippen LogP contribution in [0.15, 0.2) is 0 Å². The summed E-state index contributed by atoms with van der Waals surface area (Å²) in [5.41, 5.74) is 0.509. The van der Waals surface area contributed by atoms with Gasteiger partial charge >= 0.3 is 5.97 Å². The number of halogens is 1. The fourth-order valence-corrected chi connectivity index (χ4v) is 0.934. The summed E-state index contributed by atoms with van der Waals surface area (Å²) in [6, 6.07) is 0. The number of carbonyl (C=O) groups excluding carboxylic acids is 3. The van der Waals surface area contributed by atoms with Crippen molar-refractivity contribution in [3.05, 3.63) is 0 Å². The first-order valence-corrected chi connectivity index (χ1v) is 4.68. The molecule has 6 nitrogen and oxygen atoms in total. The third-order valence-electron chi connectivity index (χ3n) is 1.46. The van der Waals surface area contributed by atoms with Gasteiger partial charge < -0.3 is 10.2 Å². The highest BCUT2D eigenvalue weighted by molar-refractivity contribution is 6.20. The predicted molar refractivity (Wildman–Crippen MR) is 52.9 cm³/mol. The van der Waals surface area contributed by atoms with Gasteiger partial charge in [0, 0.05) is 13.8 Å². The van der Waals surface area contributed by atoms with E-state index in [0.29, 0.717) is 0 Å². The molecule has 0 heterocycles. The van der Waals surface area contributed by atoms with E-state index in [1.54, 1.807) is 0 Å². The summed E-state index contributed by atoms with van der Waals surface area (Å²) in [6.07, 6.45) is 0. The van der Waals surface area contributed by atoms with Gasteiger partial charge in [-0.25, -0.2) is 4.79 Å². The van der Waals surface area contributed by atoms with Gasteiger partial charge in [0.25, 0.3) is 0 Å². The number of amides is 2. The molecule has 1 atom stereocenters. The fraction of sp³-hybridized carbons (Fsp3) is 0.625. The van der Waals surface area contributed by atoms with E-state index < -0.39 is 23.3 Å². The second kappa shape index (κ2) is 5.55. The van der Waals surface area contributed by atoms with E-state index in [-0.39, 0.29) is 5.88 Å². The molecule has 0 saturated carbocycles. The van der Waals surface area contributed by atoms with Crippen molar-refractivity contribution in [1.82, 2.24) is 10.8 Å². The molecule has 2 N–H and O–H groups in total. The lowest BCUT2D eigenvalue weighted by Gasteiger charge is -2.24. The van der Waals surface area contributed by atoms with Crippen LogP contribution in [0.3, 0.4) is 0 Å². The Morgan fingerprint density at radius 2 is 1.80 bits per heavy atom. The first kappa shape index (κ1) is 13.7. The van der Waals surface area contributed by atoms with Gasteiger partial charge in [0.2, 0.25) is 11.8 Å². The first-order valence-electron chi connectivity index (χ1n) is 4.14. The quantitative estimate of drug-likeness (QED) is 0.521. The van der Waals surface area contributed by atoms with Crippen molar-refractivity contribution in [2.24, 2.45) is 0 Å². The maximum absolute atomic E-state index is 11.4. The molecule has 1 unspecified atom stereocenters. The Morgan fingerprint density at radius 1 is 1.27 bits per heavy atom. The van der Waals surface area contributed by atoms with Crippen molar-refractivity contribution in [3.8, 4) is 0 Å². The highest BCUT2D eigenvalue weighted by Crippen LogP contribution is 2.08. The average molecular weight is 237 g/mol. The molecule has 0 radical (unpaired) electrons. The Labute approximate surface area is 92.2 Å². The number of rotatable bonds is 3. The lowest BCUT2D eigenvalue weighted by atomic mass is 10.1. The topological polar surface area (TPSA) is 84.5 Å². The molecule has 0 aliphatic carbocycles. The van der Waals surface area contributed by atoms with Crippen LogP contribution in [-0.4, -0.2) is 29.2 Å². The molecule has 0 aromatic carbocycles. The zero-order valence-electron chi connectivity index (χ0n) is 8.72. The first-order chi connectivity index (χ1) is 6.81. The molecule has 0 rings (SSSR count). The van der Waals surface area contributed by atoms with Crippen LogP contribution < -0.4 is 10.8 Å². The molecule has 7 heteroatoms. The Morgan fingerprint density at radius 3 is 2.13 bits per heavy atom. The molecule has 0 saturated heterocycles. The Kier molecular flexibility index (Phi) is 5.07. The van der Waals surface area contributed by atoms with Gasteiger partial charge in [0.15, 0.2) is 5.54 Å². The Hall–Kier alpha value is -1.30. The second-order valence-electron chi connectivity index (χ2n) is 3.19. The third-order valence-corrected chi connectivity index (χ3v) is 1.99. The number of alkyl halides is 1. The minimum atomic E-state index is -1.35. The normalized spacial score (nSPS) is 13.6. The molecular weight excluding hydrogens is 224 g/mol. The number of hydrogen-bond donors (Lipinski definition) is 2. The summed E-state index contributed by atoms with van der Waals surface area (Å²) in [6.45, 7) is 3.83. The molecule has 86 valence electrons. The lowest BCUT2D eigenvalue weighted by molar-refractivity contribution is -0.163. The molecule has 15 heavy (non-hydrogen) atoms. The van der Waals surface area contributed by atoms with Crippen molar-refractivity contribution < 1.29 is 19.2 Å². The van der Waals surface area contributed by atoms with Crippen molar-refractivity contribution in [1.29, 1.82) is 0 Å². The van der Waals surface area contributed by atoms with Crippen LogP contribution in [0.1, 0.15) is 20.8 Å². The summed E-state index contributed by atoms with van der Waals surface area (Å²) in [7, 11) is 0. The molecule has 0 spiro atoms. The second-order valence-corrected chi connectivity index (χ2v) is 3.46. The fourth-order valence-electron chi connectivity index (χ4n) is 0.758. The highest BCUT2D eigenvalue weighted by atomic mass is 35.5. The van der Waals surface area contributed by atoms with Crippen LogP contribution in [0.5, 0.6) is 0 Å². The van der Waals surface area contributed by atoms with Gasteiger partial charge in [-0.3, -0.25) is 9.59 Å². The molecule has 0 aliphatic heterocycles. The largest absolute Gasteiger partial charge is 0.358 e. The van der Waals surface area contributed by atoms with Gasteiger partial charge in [-0.05, 0) is 6.92 Å². The molecule has 0 aliphatic rings. The summed E-state index contributed by atoms with van der Waals surface area (Å²) in [4.78, 5) is 37.1. The molecule has 0 aromatic rings. The minimum Gasteiger partial charge on any atom is -0.340 e. The van der Waals surface area contributed by atoms with E-state index in [4.69, 9.17) is 11.6 Å². The standard InChI is InChI=1S/C8H13ClN2O4/c1-5(12)10-8(3,4-9)7(14)15-11-6(2)13/h4H2,1-3H3,(H,10,12)(H,11,13). The number of hydroxylamine groups is 1. The van der Waals surface area contributed by atoms with Crippen molar-refractivity contribution in [2.45, 2.75) is 26.3 Å². The lowest BCUT2D eigenvalue weighted by Crippen LogP contribution is -2.55. The van der Waals surface area contributed by atoms with Gasteiger partial charge in [0.05, 0.1) is 5.88 Å². The van der Waals surface area contributed by atoms with Gasteiger partial charge in [-0.1, -0.05) is 0 Å². The maximum atomic E-state index is 11.4. The molecule has 0 fully saturated rings. The van der Waals surface area contributed by atoms with Crippen LogP contribution in [0.4, 0.5) is 0 Å². The van der Waals surface area contributed by atoms with Gasteiger partial charge in [-0.15, -0.1) is 11.6 Å². The molecule has 2 amide bonds. The van der Waals surface area contributed by atoms with Gasteiger partial charge in [-0.2, -0.15) is 5.48 Å². The average Bonchev–Trinajstić information content (AvgIpc) is 2.12. The molecule has 0 bridgehead atoms. The zero-order chi connectivity index (χ0) is 12.1. The Bertz CT molecular complexity index is 282. The maximum Gasteiger partial charge on any atom is 0.358 e. The Balaban J connectivity index is 4.44. The van der Waals surface area contributed by atoms with Gasteiger partial charge in [0.1, 0.15) is 0 Å². The van der Waals surface area contributed by atoms with E-state index in [0.717, 1.165) is 0 Å². The third kappa shape index (κ3) is 4.64. The van der Waals surface area contributed by atoms with Crippen LogP contribution in [0.25, 0.3) is 0 Å². The van der Waals surface area contributed by atoms with Crippen LogP contribution >= 0.6 is 11.6 Å². The highest BCUT2D eigenvalue weighted by Gasteiger charge is 2.35. The van der Waals surface area contributed by atoms with E-state index >= 15 is 0 Å². The van der Waals surface area contributed by atoms with Crippen LogP contribution in [-0.2, 0) is 19.2 Å². The van der Waals surface area contributed by atoms with E-state index in [1.807, 2.05) is 5.48 Å². The van der Waals surface area contributed by atoms with E-state index in [2.05, 4.69) is 10.2 Å². The zero-order valence-corrected chi connectivity index (χ0v) is 9.47. The van der Waals surface area contributed by atoms with Crippen LogP contribution in [0.2, 0.25) is 0 Å². The number of nitrogens with one attached hydrogen (secondary N) is 2. The molecular formula is C8H13ClN2O4. The van der Waals surface area contributed by atoms with Crippen LogP contribution in [0, 0.1) is 0 Å². The predicted octanol–water partition coefficient (Wildman–Crippen LogP) is -0.286. The number of carbonyl (C=O) groups is 3. The van der Waals surface area contributed by atoms with Crippen molar-refractivity contribution in [2.75, 3.05) is 5.88 Å². The van der Waals surface area contributed by atoms with Crippen molar-refractivity contribution in [3.63, 3.8) is 0 Å².